The number of nitrogens with zero attached hydrogens (tertiary/aromatic N) is 2. The Morgan fingerprint density at radius 2 is 2.26 bits per heavy atom. The van der Waals surface area contributed by atoms with Crippen LogP contribution in [0.1, 0.15) is 42.5 Å². The molecule has 2 aromatic heterocycles. The molecule has 1 aliphatic carbocycles. The van der Waals surface area contributed by atoms with Crippen LogP contribution in [0.25, 0.3) is 10.2 Å². The predicted octanol–water partition coefficient (Wildman–Crippen LogP) is 1.98. The summed E-state index contributed by atoms with van der Waals surface area (Å²) in [4.78, 5) is 31.3. The molecule has 3 heterocycles. The van der Waals surface area contributed by atoms with Crippen molar-refractivity contribution >= 4 is 27.5 Å². The molecule has 122 valence electrons. The number of nitrogens with one attached hydrogen (secondary N) is 1. The molecule has 1 N–H and O–H groups in total. The lowest BCUT2D eigenvalue weighted by atomic mass is 9.97. The molecule has 1 amide bonds. The van der Waals surface area contributed by atoms with Crippen molar-refractivity contribution < 1.29 is 9.53 Å². The molecule has 6 nitrogen and oxygen atoms in total. The van der Waals surface area contributed by atoms with Crippen molar-refractivity contribution in [2.24, 2.45) is 0 Å². The highest BCUT2D eigenvalue weighted by Crippen LogP contribution is 2.33. The van der Waals surface area contributed by atoms with E-state index in [2.05, 4.69) is 10.4 Å². The summed E-state index contributed by atoms with van der Waals surface area (Å²) < 4.78 is 6.69. The summed E-state index contributed by atoms with van der Waals surface area (Å²) in [5.74, 6) is -0.204. The van der Waals surface area contributed by atoms with Gasteiger partial charge in [-0.3, -0.25) is 15.0 Å². The number of fused-ring (bicyclic) bond motifs is 3. The minimum absolute atomic E-state index is 0.0312. The summed E-state index contributed by atoms with van der Waals surface area (Å²) in [7, 11) is 0. The van der Waals surface area contributed by atoms with Gasteiger partial charge in [0.1, 0.15) is 11.2 Å². The summed E-state index contributed by atoms with van der Waals surface area (Å²) in [5, 5.41) is 0.685. The highest BCUT2D eigenvalue weighted by atomic mass is 32.1. The Labute approximate surface area is 137 Å². The van der Waals surface area contributed by atoms with E-state index in [-0.39, 0.29) is 24.0 Å². The zero-order chi connectivity index (χ0) is 15.8. The van der Waals surface area contributed by atoms with Crippen molar-refractivity contribution in [3.63, 3.8) is 0 Å². The Morgan fingerprint density at radius 3 is 3.09 bits per heavy atom. The van der Waals surface area contributed by atoms with Crippen LogP contribution in [-0.4, -0.2) is 28.3 Å². The van der Waals surface area contributed by atoms with Gasteiger partial charge in [-0.1, -0.05) is 0 Å². The highest BCUT2D eigenvalue weighted by molar-refractivity contribution is 7.18. The molecule has 2 aromatic rings. The van der Waals surface area contributed by atoms with E-state index in [0.29, 0.717) is 12.0 Å². The van der Waals surface area contributed by atoms with Gasteiger partial charge in [0, 0.05) is 11.5 Å². The summed E-state index contributed by atoms with van der Waals surface area (Å²) in [5.41, 5.74) is 3.62. The van der Waals surface area contributed by atoms with Gasteiger partial charge in [0.15, 0.2) is 0 Å². The first kappa shape index (κ1) is 14.8. The second-order valence-corrected chi connectivity index (χ2v) is 7.27. The normalized spacial score (nSPS) is 20.6. The van der Waals surface area contributed by atoms with Crippen molar-refractivity contribution in [2.75, 3.05) is 12.0 Å². The van der Waals surface area contributed by atoms with Gasteiger partial charge in [0.25, 0.3) is 5.56 Å². The van der Waals surface area contributed by atoms with E-state index < -0.39 is 0 Å². The molecule has 0 radical (unpaired) electrons. The lowest BCUT2D eigenvalue weighted by Gasteiger charge is -2.12. The predicted molar refractivity (Wildman–Crippen MR) is 88.5 cm³/mol. The van der Waals surface area contributed by atoms with Gasteiger partial charge in [-0.05, 0) is 44.1 Å². The molecule has 4 rings (SSSR count). The van der Waals surface area contributed by atoms with Crippen LogP contribution in [0.3, 0.4) is 0 Å². The Morgan fingerprint density at radius 1 is 1.39 bits per heavy atom. The van der Waals surface area contributed by atoms with E-state index in [9.17, 15) is 9.59 Å². The average Bonchev–Trinajstić information content (AvgIpc) is 3.17. The monoisotopic (exact) mass is 333 g/mol. The number of carbonyl (C=O) groups excluding carboxylic acids is 1. The number of ether oxygens (including phenoxy) is 1. The van der Waals surface area contributed by atoms with Crippen LogP contribution < -0.4 is 11.0 Å². The molecule has 0 saturated carbocycles. The molecule has 23 heavy (non-hydrogen) atoms. The number of hydrogen-bond acceptors (Lipinski definition) is 5. The van der Waals surface area contributed by atoms with E-state index in [1.54, 1.807) is 11.3 Å². The standard InChI is InChI=1S/C16H19N3O3S/c20-13(8-10-4-3-7-22-10)18-19-9-17-15-14(16(19)21)11-5-1-2-6-12(11)23-15/h9-10H,1-8H2,(H,18,20)/t10-/m0/s1. The fourth-order valence-corrected chi connectivity index (χ4v) is 4.64. The van der Waals surface area contributed by atoms with E-state index >= 15 is 0 Å². The van der Waals surface area contributed by atoms with E-state index in [0.717, 1.165) is 42.5 Å². The van der Waals surface area contributed by atoms with Gasteiger partial charge in [-0.25, -0.2) is 9.66 Å². The first-order chi connectivity index (χ1) is 11.2. The molecule has 1 saturated heterocycles. The Hall–Kier alpha value is -1.73. The van der Waals surface area contributed by atoms with Gasteiger partial charge >= 0.3 is 0 Å². The van der Waals surface area contributed by atoms with Crippen molar-refractivity contribution in [1.82, 2.24) is 9.66 Å². The van der Waals surface area contributed by atoms with Crippen LogP contribution in [0.4, 0.5) is 0 Å². The summed E-state index contributed by atoms with van der Waals surface area (Å²) in [6, 6.07) is 0. The van der Waals surface area contributed by atoms with Crippen LogP contribution in [-0.2, 0) is 22.4 Å². The van der Waals surface area contributed by atoms with Crippen LogP contribution in [0.5, 0.6) is 0 Å². The topological polar surface area (TPSA) is 73.2 Å². The summed E-state index contributed by atoms with van der Waals surface area (Å²) in [6.07, 6.45) is 7.80. The van der Waals surface area contributed by atoms with Crippen molar-refractivity contribution in [3.8, 4) is 0 Å². The van der Waals surface area contributed by atoms with Crippen molar-refractivity contribution in [2.45, 2.75) is 51.0 Å². The summed E-state index contributed by atoms with van der Waals surface area (Å²) in [6.45, 7) is 0.715. The molecule has 1 aliphatic heterocycles. The maximum Gasteiger partial charge on any atom is 0.281 e. The number of rotatable bonds is 3. The SMILES string of the molecule is O=C(C[C@@H]1CCCO1)Nn1cnc2sc3c(c2c1=O)CCCC3. The third-order valence-electron chi connectivity index (χ3n) is 4.56. The summed E-state index contributed by atoms with van der Waals surface area (Å²) >= 11 is 1.61. The average molecular weight is 333 g/mol. The van der Waals surface area contributed by atoms with Gasteiger partial charge < -0.3 is 4.74 Å². The van der Waals surface area contributed by atoms with Gasteiger partial charge in [-0.15, -0.1) is 11.3 Å². The van der Waals surface area contributed by atoms with Crippen molar-refractivity contribution in [1.29, 1.82) is 0 Å². The molecule has 0 aromatic carbocycles. The third kappa shape index (κ3) is 2.79. The van der Waals surface area contributed by atoms with Crippen LogP contribution in [0, 0.1) is 0 Å². The second-order valence-electron chi connectivity index (χ2n) is 6.18. The molecule has 0 unspecified atom stereocenters. The molecular weight excluding hydrogens is 314 g/mol. The number of aryl methyl sites for hydroxylation is 2. The lowest BCUT2D eigenvalue weighted by Crippen LogP contribution is -2.34. The molecular formula is C16H19N3O3S. The molecule has 0 bridgehead atoms. The van der Waals surface area contributed by atoms with E-state index in [1.165, 1.54) is 22.3 Å². The maximum atomic E-state index is 12.7. The zero-order valence-corrected chi connectivity index (χ0v) is 13.7. The molecule has 7 heteroatoms. The molecule has 2 aliphatic rings. The van der Waals surface area contributed by atoms with Crippen LogP contribution in [0.15, 0.2) is 11.1 Å². The third-order valence-corrected chi connectivity index (χ3v) is 5.76. The van der Waals surface area contributed by atoms with Crippen molar-refractivity contribution in [3.05, 3.63) is 27.1 Å². The molecule has 0 spiro atoms. The molecule has 1 fully saturated rings. The van der Waals surface area contributed by atoms with Gasteiger partial charge in [-0.2, -0.15) is 0 Å². The number of amides is 1. The Balaban J connectivity index is 1.61. The van der Waals surface area contributed by atoms with E-state index in [4.69, 9.17) is 4.74 Å². The minimum Gasteiger partial charge on any atom is -0.378 e. The smallest absolute Gasteiger partial charge is 0.281 e. The van der Waals surface area contributed by atoms with Crippen LogP contribution >= 0.6 is 11.3 Å². The Kier molecular flexibility index (Phi) is 3.90. The fraction of sp³-hybridized carbons (Fsp3) is 0.562. The number of hydrogen-bond donors (Lipinski definition) is 1. The number of aromatic nitrogens is 2. The zero-order valence-electron chi connectivity index (χ0n) is 12.8. The lowest BCUT2D eigenvalue weighted by molar-refractivity contribution is -0.119. The first-order valence-electron chi connectivity index (χ1n) is 8.16. The van der Waals surface area contributed by atoms with Crippen LogP contribution in [0.2, 0.25) is 0 Å². The quantitative estimate of drug-likeness (QED) is 0.932. The van der Waals surface area contributed by atoms with E-state index in [1.807, 2.05) is 0 Å². The number of thiophene rings is 1. The van der Waals surface area contributed by atoms with Gasteiger partial charge in [0.05, 0.1) is 17.9 Å². The van der Waals surface area contributed by atoms with Gasteiger partial charge in [0.2, 0.25) is 5.91 Å². The Bertz CT molecular complexity index is 805. The minimum atomic E-state index is -0.204. The highest BCUT2D eigenvalue weighted by Gasteiger charge is 2.22. The maximum absolute atomic E-state index is 12.7. The fourth-order valence-electron chi connectivity index (χ4n) is 3.42. The first-order valence-corrected chi connectivity index (χ1v) is 8.97. The largest absolute Gasteiger partial charge is 0.378 e. The molecule has 1 atom stereocenters. The second kappa shape index (κ2) is 6.05. The number of carbonyl (C=O) groups is 1.